The molecule has 0 unspecified atom stereocenters. The average Bonchev–Trinajstić information content (AvgIpc) is 1.85. The van der Waals surface area contributed by atoms with Crippen LogP contribution in [0.25, 0.3) is 0 Å². The second kappa shape index (κ2) is 3.36. The minimum atomic E-state index is -0.400. The predicted octanol–water partition coefficient (Wildman–Crippen LogP) is 2.55. The molecule has 1 aromatic carbocycles. The van der Waals surface area contributed by atoms with Crippen LogP contribution >= 0.6 is 11.6 Å². The van der Waals surface area contributed by atoms with Crippen LogP contribution in [-0.4, -0.2) is 0 Å². The summed E-state index contributed by atoms with van der Waals surface area (Å²) in [5, 5.41) is 8.61. The van der Waals surface area contributed by atoms with Gasteiger partial charge in [0.25, 0.3) is 0 Å². The van der Waals surface area contributed by atoms with E-state index in [2.05, 4.69) is 0 Å². The van der Waals surface area contributed by atoms with Crippen molar-refractivity contribution in [3.63, 3.8) is 0 Å². The number of halogens is 2. The Morgan fingerprint density at radius 1 is 1.45 bits per heavy atom. The van der Waals surface area contributed by atoms with Crippen LogP contribution in [0.2, 0.25) is 5.02 Å². The Morgan fingerprint density at radius 3 is 2.73 bits per heavy atom. The highest BCUT2D eigenvalue weighted by Crippen LogP contribution is 2.13. The number of nitrogens with zero attached hydrogens (tertiary/aromatic N) is 1. The molecule has 0 saturated carbocycles. The number of benzene rings is 1. The third-order valence-electron chi connectivity index (χ3n) is 1.21. The summed E-state index contributed by atoms with van der Waals surface area (Å²) in [7, 11) is 0. The molecule has 0 aliphatic heterocycles. The van der Waals surface area contributed by atoms with Crippen LogP contribution in [0.3, 0.4) is 0 Å². The maximum Gasteiger partial charge on any atom is 0.125 e. The largest absolute Gasteiger partial charge is 0.207 e. The van der Waals surface area contributed by atoms with E-state index in [4.69, 9.17) is 16.9 Å². The van der Waals surface area contributed by atoms with E-state index in [0.29, 0.717) is 10.6 Å². The van der Waals surface area contributed by atoms with Gasteiger partial charge in [-0.05, 0) is 23.8 Å². The lowest BCUT2D eigenvalue weighted by Crippen LogP contribution is -1.83. The molecule has 0 atom stereocenters. The Hall–Kier alpha value is -1.07. The summed E-state index contributed by atoms with van der Waals surface area (Å²) in [4.78, 5) is 0. The zero-order chi connectivity index (χ0) is 8.27. The van der Waals surface area contributed by atoms with Gasteiger partial charge in [-0.3, -0.25) is 0 Å². The SMILES string of the molecule is N#CCc1cc(F)cc(Cl)c1. The smallest absolute Gasteiger partial charge is 0.125 e. The molecule has 56 valence electrons. The standard InChI is InChI=1S/C8H5ClFN/c9-7-3-6(1-2-11)4-8(10)5-7/h3-5H,1H2. The van der Waals surface area contributed by atoms with Crippen LogP contribution in [0.4, 0.5) is 4.39 Å². The van der Waals surface area contributed by atoms with Crippen LogP contribution in [0, 0.1) is 17.1 Å². The molecule has 1 rings (SSSR count). The Bertz CT molecular complexity index is 283. The monoisotopic (exact) mass is 169 g/mol. The molecule has 0 N–H and O–H groups in total. The van der Waals surface area contributed by atoms with E-state index < -0.39 is 5.82 Å². The molecule has 0 saturated heterocycles. The highest BCUT2D eigenvalue weighted by atomic mass is 35.5. The highest BCUT2D eigenvalue weighted by molar-refractivity contribution is 6.30. The van der Waals surface area contributed by atoms with Crippen molar-refractivity contribution in [3.05, 3.63) is 34.6 Å². The fourth-order valence-corrected chi connectivity index (χ4v) is 1.05. The van der Waals surface area contributed by atoms with Gasteiger partial charge in [0.1, 0.15) is 5.82 Å². The molecule has 0 bridgehead atoms. The summed E-state index contributed by atoms with van der Waals surface area (Å²) in [5.41, 5.74) is 0.609. The second-order valence-corrected chi connectivity index (χ2v) is 2.55. The third kappa shape index (κ3) is 2.21. The molecule has 11 heavy (non-hydrogen) atoms. The maximum atomic E-state index is 12.6. The van der Waals surface area contributed by atoms with Crippen molar-refractivity contribution >= 4 is 11.6 Å². The molecule has 0 aliphatic rings. The molecule has 3 heteroatoms. The summed E-state index contributed by atoms with van der Waals surface area (Å²) in [5.74, 6) is -0.400. The molecule has 0 aromatic heterocycles. The van der Waals surface area contributed by atoms with Crippen molar-refractivity contribution in [3.8, 4) is 6.07 Å². The van der Waals surface area contributed by atoms with E-state index >= 15 is 0 Å². The molecule has 1 nitrogen and oxygen atoms in total. The number of rotatable bonds is 1. The molecule has 0 fully saturated rings. The van der Waals surface area contributed by atoms with Crippen molar-refractivity contribution in [1.82, 2.24) is 0 Å². The number of nitriles is 1. The zero-order valence-corrected chi connectivity index (χ0v) is 6.40. The van der Waals surface area contributed by atoms with Gasteiger partial charge in [0.2, 0.25) is 0 Å². The Kier molecular flexibility index (Phi) is 2.45. The van der Waals surface area contributed by atoms with Gasteiger partial charge in [0.15, 0.2) is 0 Å². The van der Waals surface area contributed by atoms with Crippen LogP contribution in [0.1, 0.15) is 5.56 Å². The lowest BCUT2D eigenvalue weighted by Gasteiger charge is -1.95. The van der Waals surface area contributed by atoms with Crippen LogP contribution < -0.4 is 0 Å². The fraction of sp³-hybridized carbons (Fsp3) is 0.125. The summed E-state index contributed by atoms with van der Waals surface area (Å²) in [6, 6.07) is 6.00. The van der Waals surface area contributed by atoms with Crippen LogP contribution in [-0.2, 0) is 6.42 Å². The molecule has 0 spiro atoms. The molecular formula is C8H5ClFN. The van der Waals surface area contributed by atoms with Crippen molar-refractivity contribution in [2.75, 3.05) is 0 Å². The summed E-state index contributed by atoms with van der Waals surface area (Å²) >= 11 is 5.54. The Balaban J connectivity index is 3.01. The van der Waals surface area contributed by atoms with Gasteiger partial charge >= 0.3 is 0 Å². The van der Waals surface area contributed by atoms with Crippen molar-refractivity contribution < 1.29 is 4.39 Å². The Labute approximate surface area is 69.0 Å². The van der Waals surface area contributed by atoms with E-state index in [1.165, 1.54) is 12.1 Å². The first-order chi connectivity index (χ1) is 5.22. The molecule has 1 aromatic rings. The first kappa shape index (κ1) is 8.03. The van der Waals surface area contributed by atoms with Gasteiger partial charge in [0.05, 0.1) is 12.5 Å². The summed E-state index contributed by atoms with van der Waals surface area (Å²) < 4.78 is 12.6. The topological polar surface area (TPSA) is 23.8 Å². The van der Waals surface area contributed by atoms with Crippen molar-refractivity contribution in [1.29, 1.82) is 5.26 Å². The first-order valence-electron chi connectivity index (χ1n) is 3.04. The normalized spacial score (nSPS) is 9.18. The first-order valence-corrected chi connectivity index (χ1v) is 3.42. The van der Waals surface area contributed by atoms with Gasteiger partial charge in [-0.1, -0.05) is 11.6 Å². The zero-order valence-electron chi connectivity index (χ0n) is 5.64. The summed E-state index contributed by atoms with van der Waals surface area (Å²) in [6.45, 7) is 0. The van der Waals surface area contributed by atoms with E-state index in [9.17, 15) is 4.39 Å². The molecule has 0 amide bonds. The van der Waals surface area contributed by atoms with Crippen LogP contribution in [0.15, 0.2) is 18.2 Å². The molecule has 0 radical (unpaired) electrons. The van der Waals surface area contributed by atoms with Gasteiger partial charge in [-0.2, -0.15) is 5.26 Å². The minimum absolute atomic E-state index is 0.192. The van der Waals surface area contributed by atoms with E-state index in [-0.39, 0.29) is 6.42 Å². The Morgan fingerprint density at radius 2 is 2.18 bits per heavy atom. The van der Waals surface area contributed by atoms with E-state index in [1.807, 2.05) is 6.07 Å². The fourth-order valence-electron chi connectivity index (χ4n) is 0.804. The lowest BCUT2D eigenvalue weighted by molar-refractivity contribution is 0.626. The molecule has 0 aliphatic carbocycles. The van der Waals surface area contributed by atoms with Crippen LogP contribution in [0.5, 0.6) is 0 Å². The molecule has 0 heterocycles. The average molecular weight is 170 g/mol. The number of hydrogen-bond acceptors (Lipinski definition) is 1. The quantitative estimate of drug-likeness (QED) is 0.634. The van der Waals surface area contributed by atoms with Gasteiger partial charge < -0.3 is 0 Å². The molecular weight excluding hydrogens is 165 g/mol. The second-order valence-electron chi connectivity index (χ2n) is 2.11. The van der Waals surface area contributed by atoms with E-state index in [0.717, 1.165) is 0 Å². The number of hydrogen-bond donors (Lipinski definition) is 0. The lowest BCUT2D eigenvalue weighted by atomic mass is 10.2. The summed E-state index contributed by atoms with van der Waals surface area (Å²) in [6.07, 6.45) is 0.192. The highest BCUT2D eigenvalue weighted by Gasteiger charge is 1.97. The van der Waals surface area contributed by atoms with Gasteiger partial charge in [0, 0.05) is 5.02 Å². The van der Waals surface area contributed by atoms with E-state index in [1.54, 1.807) is 6.07 Å². The minimum Gasteiger partial charge on any atom is -0.207 e. The van der Waals surface area contributed by atoms with Gasteiger partial charge in [-0.25, -0.2) is 4.39 Å². The van der Waals surface area contributed by atoms with Crippen molar-refractivity contribution in [2.24, 2.45) is 0 Å². The maximum absolute atomic E-state index is 12.6. The van der Waals surface area contributed by atoms with Gasteiger partial charge in [-0.15, -0.1) is 0 Å². The van der Waals surface area contributed by atoms with Crippen molar-refractivity contribution in [2.45, 2.75) is 6.42 Å². The predicted molar refractivity (Wildman–Crippen MR) is 40.7 cm³/mol. The third-order valence-corrected chi connectivity index (χ3v) is 1.42.